The van der Waals surface area contributed by atoms with Crippen LogP contribution in [0.5, 0.6) is 0 Å². The van der Waals surface area contributed by atoms with Crippen molar-refractivity contribution in [1.29, 1.82) is 0 Å². The molecule has 1 N–H and O–H groups in total. The van der Waals surface area contributed by atoms with E-state index >= 15 is 0 Å². The topological polar surface area (TPSA) is 21.3 Å². The van der Waals surface area contributed by atoms with Crippen molar-refractivity contribution in [3.63, 3.8) is 0 Å². The second-order valence-corrected chi connectivity index (χ2v) is 4.52. The van der Waals surface area contributed by atoms with Gasteiger partial charge in [-0.15, -0.1) is 0 Å². The first-order chi connectivity index (χ1) is 6.83. The molecule has 0 aliphatic carbocycles. The molecule has 14 heavy (non-hydrogen) atoms. The highest BCUT2D eigenvalue weighted by Gasteiger charge is 2.11. The molecular formula is C12H25NO. The Labute approximate surface area is 88.4 Å². The molecule has 2 heteroatoms. The van der Waals surface area contributed by atoms with Crippen LogP contribution in [0.25, 0.3) is 0 Å². The predicted molar refractivity (Wildman–Crippen MR) is 60.5 cm³/mol. The fraction of sp³-hybridized carbons (Fsp3) is 1.00. The van der Waals surface area contributed by atoms with E-state index < -0.39 is 0 Å². The molecule has 2 nitrogen and oxygen atoms in total. The zero-order valence-electron chi connectivity index (χ0n) is 9.72. The zero-order chi connectivity index (χ0) is 10.2. The Morgan fingerprint density at radius 2 is 2.29 bits per heavy atom. The Hall–Kier alpha value is -0.0800. The highest BCUT2D eigenvalue weighted by Crippen LogP contribution is 2.10. The molecule has 84 valence electrons. The fourth-order valence-electron chi connectivity index (χ4n) is 1.80. The van der Waals surface area contributed by atoms with Gasteiger partial charge < -0.3 is 10.1 Å². The largest absolute Gasteiger partial charge is 0.381 e. The van der Waals surface area contributed by atoms with Crippen LogP contribution < -0.4 is 5.32 Å². The van der Waals surface area contributed by atoms with Crippen LogP contribution in [0, 0.1) is 5.92 Å². The van der Waals surface area contributed by atoms with Crippen LogP contribution in [-0.4, -0.2) is 25.8 Å². The van der Waals surface area contributed by atoms with E-state index in [1.165, 1.54) is 38.6 Å². The van der Waals surface area contributed by atoms with Gasteiger partial charge in [0.05, 0.1) is 0 Å². The molecular weight excluding hydrogens is 174 g/mol. The normalized spacial score (nSPS) is 24.9. The van der Waals surface area contributed by atoms with Crippen LogP contribution in [0.1, 0.15) is 46.0 Å². The third-order valence-corrected chi connectivity index (χ3v) is 3.12. The third kappa shape index (κ3) is 4.97. The quantitative estimate of drug-likeness (QED) is 0.664. The van der Waals surface area contributed by atoms with E-state index in [0.29, 0.717) is 5.92 Å². The summed E-state index contributed by atoms with van der Waals surface area (Å²) in [5.74, 6) is 0.717. The van der Waals surface area contributed by atoms with Crippen molar-refractivity contribution in [2.24, 2.45) is 5.92 Å². The van der Waals surface area contributed by atoms with E-state index in [-0.39, 0.29) is 0 Å². The average molecular weight is 199 g/mol. The minimum absolute atomic E-state index is 0.717. The highest BCUT2D eigenvalue weighted by molar-refractivity contribution is 4.71. The molecule has 1 heterocycles. The van der Waals surface area contributed by atoms with E-state index in [4.69, 9.17) is 4.74 Å². The molecule has 1 rings (SSSR count). The Morgan fingerprint density at radius 3 is 2.93 bits per heavy atom. The molecule has 0 saturated carbocycles. The first kappa shape index (κ1) is 12.0. The van der Waals surface area contributed by atoms with E-state index in [2.05, 4.69) is 19.2 Å². The van der Waals surface area contributed by atoms with Gasteiger partial charge in [-0.1, -0.05) is 26.7 Å². The molecule has 0 aromatic rings. The summed E-state index contributed by atoms with van der Waals surface area (Å²) in [7, 11) is 0. The SMILES string of the molecule is CCC(C)COCCC1CCCCN1. The Balaban J connectivity index is 1.92. The monoisotopic (exact) mass is 199 g/mol. The van der Waals surface area contributed by atoms with Gasteiger partial charge in [-0.3, -0.25) is 0 Å². The lowest BCUT2D eigenvalue weighted by Crippen LogP contribution is -2.34. The van der Waals surface area contributed by atoms with E-state index in [0.717, 1.165) is 19.3 Å². The van der Waals surface area contributed by atoms with Crippen LogP contribution >= 0.6 is 0 Å². The summed E-state index contributed by atoms with van der Waals surface area (Å²) in [6.07, 6.45) is 6.50. The molecule has 0 aromatic carbocycles. The molecule has 0 spiro atoms. The van der Waals surface area contributed by atoms with E-state index in [1.807, 2.05) is 0 Å². The lowest BCUT2D eigenvalue weighted by atomic mass is 10.0. The van der Waals surface area contributed by atoms with Crippen molar-refractivity contribution in [3.05, 3.63) is 0 Å². The van der Waals surface area contributed by atoms with Gasteiger partial charge >= 0.3 is 0 Å². The number of hydrogen-bond donors (Lipinski definition) is 1. The lowest BCUT2D eigenvalue weighted by molar-refractivity contribution is 0.0933. The highest BCUT2D eigenvalue weighted by atomic mass is 16.5. The maximum atomic E-state index is 5.65. The molecule has 0 amide bonds. The van der Waals surface area contributed by atoms with Crippen LogP contribution in [0.4, 0.5) is 0 Å². The summed E-state index contributed by atoms with van der Waals surface area (Å²) in [5, 5.41) is 3.54. The number of rotatable bonds is 6. The second-order valence-electron chi connectivity index (χ2n) is 4.52. The summed E-state index contributed by atoms with van der Waals surface area (Å²) >= 11 is 0. The molecule has 2 unspecified atom stereocenters. The maximum absolute atomic E-state index is 5.65. The Morgan fingerprint density at radius 1 is 1.43 bits per heavy atom. The van der Waals surface area contributed by atoms with E-state index in [9.17, 15) is 0 Å². The van der Waals surface area contributed by atoms with Gasteiger partial charge in [0.1, 0.15) is 0 Å². The van der Waals surface area contributed by atoms with Crippen molar-refractivity contribution in [2.45, 2.75) is 52.0 Å². The number of hydrogen-bond acceptors (Lipinski definition) is 2. The van der Waals surface area contributed by atoms with Gasteiger partial charge in [-0.25, -0.2) is 0 Å². The van der Waals surface area contributed by atoms with Crippen LogP contribution in [0.15, 0.2) is 0 Å². The van der Waals surface area contributed by atoms with Crippen LogP contribution in [-0.2, 0) is 4.74 Å². The predicted octanol–water partition coefficient (Wildman–Crippen LogP) is 2.58. The van der Waals surface area contributed by atoms with Gasteiger partial charge in [0, 0.05) is 19.3 Å². The van der Waals surface area contributed by atoms with Gasteiger partial charge in [-0.2, -0.15) is 0 Å². The molecule has 0 aromatic heterocycles. The average Bonchev–Trinajstić information content (AvgIpc) is 2.25. The summed E-state index contributed by atoms with van der Waals surface area (Å²) in [6, 6.07) is 0.723. The van der Waals surface area contributed by atoms with Crippen LogP contribution in [0.3, 0.4) is 0 Å². The minimum atomic E-state index is 0.717. The van der Waals surface area contributed by atoms with Crippen LogP contribution in [0.2, 0.25) is 0 Å². The van der Waals surface area contributed by atoms with Gasteiger partial charge in [0.2, 0.25) is 0 Å². The molecule has 2 atom stereocenters. The first-order valence-electron chi connectivity index (χ1n) is 6.14. The molecule has 1 saturated heterocycles. The van der Waals surface area contributed by atoms with Crippen molar-refractivity contribution in [2.75, 3.05) is 19.8 Å². The number of nitrogens with one attached hydrogen (secondary N) is 1. The smallest absolute Gasteiger partial charge is 0.0491 e. The molecule has 0 radical (unpaired) electrons. The van der Waals surface area contributed by atoms with Gasteiger partial charge in [-0.05, 0) is 31.7 Å². The zero-order valence-corrected chi connectivity index (χ0v) is 9.72. The summed E-state index contributed by atoms with van der Waals surface area (Å²) < 4.78 is 5.65. The van der Waals surface area contributed by atoms with Crippen molar-refractivity contribution >= 4 is 0 Å². The molecule has 1 fully saturated rings. The lowest BCUT2D eigenvalue weighted by Gasteiger charge is -2.23. The van der Waals surface area contributed by atoms with Crippen molar-refractivity contribution in [1.82, 2.24) is 5.32 Å². The second kappa shape index (κ2) is 7.24. The maximum Gasteiger partial charge on any atom is 0.0491 e. The number of piperidine rings is 1. The summed E-state index contributed by atoms with van der Waals surface area (Å²) in [6.45, 7) is 7.54. The minimum Gasteiger partial charge on any atom is -0.381 e. The first-order valence-corrected chi connectivity index (χ1v) is 6.14. The Kier molecular flexibility index (Phi) is 6.20. The standard InChI is InChI=1S/C12H25NO/c1-3-11(2)10-14-9-7-12-6-4-5-8-13-12/h11-13H,3-10H2,1-2H3. The summed E-state index contributed by atoms with van der Waals surface area (Å²) in [5.41, 5.74) is 0. The fourth-order valence-corrected chi connectivity index (χ4v) is 1.80. The van der Waals surface area contributed by atoms with Crippen molar-refractivity contribution < 1.29 is 4.74 Å². The molecule has 1 aliphatic rings. The van der Waals surface area contributed by atoms with Gasteiger partial charge in [0.25, 0.3) is 0 Å². The van der Waals surface area contributed by atoms with E-state index in [1.54, 1.807) is 0 Å². The van der Waals surface area contributed by atoms with Gasteiger partial charge in [0.15, 0.2) is 0 Å². The molecule has 1 aliphatic heterocycles. The summed E-state index contributed by atoms with van der Waals surface area (Å²) in [4.78, 5) is 0. The third-order valence-electron chi connectivity index (χ3n) is 3.12. The number of ether oxygens (including phenoxy) is 1. The van der Waals surface area contributed by atoms with Crippen molar-refractivity contribution in [3.8, 4) is 0 Å². The Bertz CT molecular complexity index is 132. The molecule has 0 bridgehead atoms.